The van der Waals surface area contributed by atoms with Crippen molar-refractivity contribution in [3.8, 4) is 0 Å². The molecule has 1 saturated heterocycles. The number of nitrogens with zero attached hydrogens (tertiary/aromatic N) is 1. The summed E-state index contributed by atoms with van der Waals surface area (Å²) < 4.78 is 27.3. The van der Waals surface area contributed by atoms with E-state index in [0.717, 1.165) is 25.1 Å². The Hall–Kier alpha value is -1.56. The summed E-state index contributed by atoms with van der Waals surface area (Å²) >= 11 is 5.83. The smallest absolute Gasteiger partial charge is 0.215 e. The lowest BCUT2D eigenvalue weighted by Gasteiger charge is -2.19. The Morgan fingerprint density at radius 1 is 1.12 bits per heavy atom. The quantitative estimate of drug-likeness (QED) is 0.835. The number of benzene rings is 2. The Bertz CT molecular complexity index is 804. The Balaban J connectivity index is 1.51. The molecule has 0 bridgehead atoms. The van der Waals surface area contributed by atoms with E-state index in [4.69, 9.17) is 11.6 Å². The van der Waals surface area contributed by atoms with Gasteiger partial charge >= 0.3 is 0 Å². The van der Waals surface area contributed by atoms with E-state index in [1.54, 1.807) is 24.3 Å². The van der Waals surface area contributed by atoms with Crippen LogP contribution in [0.15, 0.2) is 48.5 Å². The molecule has 0 aromatic heterocycles. The molecular formula is C19H23ClN2O2S. The van der Waals surface area contributed by atoms with Gasteiger partial charge in [-0.3, -0.25) is 0 Å². The summed E-state index contributed by atoms with van der Waals surface area (Å²) in [7, 11) is -3.33. The van der Waals surface area contributed by atoms with Crippen LogP contribution in [0.25, 0.3) is 0 Å². The lowest BCUT2D eigenvalue weighted by molar-refractivity contribution is 0.541. The molecule has 0 aliphatic carbocycles. The van der Waals surface area contributed by atoms with E-state index in [9.17, 15) is 8.42 Å². The number of sulfonamides is 1. The van der Waals surface area contributed by atoms with Gasteiger partial charge in [-0.1, -0.05) is 41.4 Å². The maximum absolute atomic E-state index is 12.3. The van der Waals surface area contributed by atoms with Crippen LogP contribution in [0.5, 0.6) is 0 Å². The van der Waals surface area contributed by atoms with Crippen LogP contribution >= 0.6 is 11.6 Å². The van der Waals surface area contributed by atoms with Crippen LogP contribution in [0.3, 0.4) is 0 Å². The minimum atomic E-state index is -3.33. The lowest BCUT2D eigenvalue weighted by atomic mass is 10.1. The molecule has 3 rings (SSSR count). The largest absolute Gasteiger partial charge is 0.371 e. The van der Waals surface area contributed by atoms with Gasteiger partial charge in [0.05, 0.1) is 5.75 Å². The van der Waals surface area contributed by atoms with Gasteiger partial charge in [-0.25, -0.2) is 13.1 Å². The number of hydrogen-bond donors (Lipinski definition) is 1. The molecule has 134 valence electrons. The van der Waals surface area contributed by atoms with Crippen LogP contribution in [0, 0.1) is 12.8 Å². The van der Waals surface area contributed by atoms with Crippen LogP contribution in [-0.2, 0) is 15.8 Å². The first-order valence-electron chi connectivity index (χ1n) is 8.45. The molecule has 1 atom stereocenters. The summed E-state index contributed by atoms with van der Waals surface area (Å²) in [5, 5.41) is 0.608. The number of nitrogens with one attached hydrogen (secondary N) is 1. The summed E-state index contributed by atoms with van der Waals surface area (Å²) in [6, 6.07) is 15.4. The molecule has 1 aliphatic rings. The number of hydrogen-bond acceptors (Lipinski definition) is 3. The van der Waals surface area contributed by atoms with Crippen molar-refractivity contribution in [2.24, 2.45) is 5.92 Å². The molecule has 0 amide bonds. The van der Waals surface area contributed by atoms with E-state index in [0.29, 0.717) is 17.5 Å². The SMILES string of the molecule is Cc1ccc(N2CCC(CNS(=O)(=O)Cc3ccc(Cl)cc3)C2)cc1. The molecule has 1 fully saturated rings. The van der Waals surface area contributed by atoms with Gasteiger partial charge in [0.15, 0.2) is 0 Å². The molecular weight excluding hydrogens is 356 g/mol. The summed E-state index contributed by atoms with van der Waals surface area (Å²) in [6.07, 6.45) is 0.997. The molecule has 6 heteroatoms. The van der Waals surface area contributed by atoms with Gasteiger partial charge in [-0.2, -0.15) is 0 Å². The van der Waals surface area contributed by atoms with Crippen molar-refractivity contribution in [3.63, 3.8) is 0 Å². The number of anilines is 1. The Kier molecular flexibility index (Phi) is 5.67. The minimum Gasteiger partial charge on any atom is -0.371 e. The third-order valence-electron chi connectivity index (χ3n) is 4.55. The first-order chi connectivity index (χ1) is 11.9. The van der Waals surface area contributed by atoms with Gasteiger partial charge in [-0.05, 0) is 49.1 Å². The second kappa shape index (κ2) is 7.77. The van der Waals surface area contributed by atoms with E-state index in [-0.39, 0.29) is 5.75 Å². The first-order valence-corrected chi connectivity index (χ1v) is 10.5. The zero-order valence-electron chi connectivity index (χ0n) is 14.3. The Labute approximate surface area is 154 Å². The monoisotopic (exact) mass is 378 g/mol. The molecule has 2 aromatic rings. The topological polar surface area (TPSA) is 49.4 Å². The van der Waals surface area contributed by atoms with Crippen molar-refractivity contribution in [2.45, 2.75) is 19.1 Å². The Morgan fingerprint density at radius 3 is 2.48 bits per heavy atom. The molecule has 1 aliphatic heterocycles. The molecule has 0 saturated carbocycles. The highest BCUT2D eigenvalue weighted by Gasteiger charge is 2.24. The zero-order valence-corrected chi connectivity index (χ0v) is 15.9. The van der Waals surface area contributed by atoms with E-state index >= 15 is 0 Å². The molecule has 0 spiro atoms. The third kappa shape index (κ3) is 5.21. The van der Waals surface area contributed by atoms with Gasteiger partial charge in [0.25, 0.3) is 0 Å². The highest BCUT2D eigenvalue weighted by Crippen LogP contribution is 2.24. The van der Waals surface area contributed by atoms with Crippen molar-refractivity contribution >= 4 is 27.3 Å². The van der Waals surface area contributed by atoms with Gasteiger partial charge in [-0.15, -0.1) is 0 Å². The standard InChI is InChI=1S/C19H23ClN2O2S/c1-15-2-8-19(9-3-15)22-11-10-17(13-22)12-21-25(23,24)14-16-4-6-18(20)7-5-16/h2-9,17,21H,10-14H2,1H3. The van der Waals surface area contributed by atoms with Crippen LogP contribution < -0.4 is 9.62 Å². The highest BCUT2D eigenvalue weighted by molar-refractivity contribution is 7.88. The van der Waals surface area contributed by atoms with E-state index in [1.165, 1.54) is 11.3 Å². The van der Waals surface area contributed by atoms with Gasteiger partial charge in [0.2, 0.25) is 10.0 Å². The van der Waals surface area contributed by atoms with Crippen molar-refractivity contribution in [2.75, 3.05) is 24.5 Å². The molecule has 1 heterocycles. The molecule has 4 nitrogen and oxygen atoms in total. The lowest BCUT2D eigenvalue weighted by Crippen LogP contribution is -2.31. The van der Waals surface area contributed by atoms with Crippen molar-refractivity contribution in [1.29, 1.82) is 0 Å². The number of aryl methyl sites for hydroxylation is 1. The fourth-order valence-corrected chi connectivity index (χ4v) is 4.43. The summed E-state index contributed by atoms with van der Waals surface area (Å²) in [6.45, 7) is 4.41. The molecule has 2 aromatic carbocycles. The van der Waals surface area contributed by atoms with Crippen molar-refractivity contribution in [3.05, 3.63) is 64.7 Å². The number of halogens is 1. The maximum Gasteiger partial charge on any atom is 0.215 e. The second-order valence-corrected chi connectivity index (χ2v) is 8.91. The zero-order chi connectivity index (χ0) is 17.9. The Morgan fingerprint density at radius 2 is 1.80 bits per heavy atom. The molecule has 25 heavy (non-hydrogen) atoms. The summed E-state index contributed by atoms with van der Waals surface area (Å²) in [5.41, 5.74) is 3.19. The van der Waals surface area contributed by atoms with E-state index < -0.39 is 10.0 Å². The second-order valence-electron chi connectivity index (χ2n) is 6.67. The molecule has 1 unspecified atom stereocenters. The first kappa shape index (κ1) is 18.2. The average molecular weight is 379 g/mol. The van der Waals surface area contributed by atoms with Crippen LogP contribution in [0.2, 0.25) is 5.02 Å². The summed E-state index contributed by atoms with van der Waals surface area (Å²) in [4.78, 5) is 2.32. The average Bonchev–Trinajstić information content (AvgIpc) is 3.05. The van der Waals surface area contributed by atoms with E-state index in [2.05, 4.69) is 40.8 Å². The maximum atomic E-state index is 12.3. The van der Waals surface area contributed by atoms with Crippen LogP contribution in [-0.4, -0.2) is 28.1 Å². The van der Waals surface area contributed by atoms with E-state index in [1.807, 2.05) is 0 Å². The third-order valence-corrected chi connectivity index (χ3v) is 6.12. The van der Waals surface area contributed by atoms with Crippen molar-refractivity contribution < 1.29 is 8.42 Å². The molecule has 1 N–H and O–H groups in total. The number of rotatable bonds is 6. The summed E-state index contributed by atoms with van der Waals surface area (Å²) in [5.74, 6) is 0.319. The fraction of sp³-hybridized carbons (Fsp3) is 0.368. The van der Waals surface area contributed by atoms with Gasteiger partial charge in [0, 0.05) is 30.3 Å². The van der Waals surface area contributed by atoms with Crippen molar-refractivity contribution in [1.82, 2.24) is 4.72 Å². The highest BCUT2D eigenvalue weighted by atomic mass is 35.5. The van der Waals surface area contributed by atoms with Gasteiger partial charge < -0.3 is 4.90 Å². The molecule has 0 radical (unpaired) electrons. The predicted molar refractivity (Wildman–Crippen MR) is 104 cm³/mol. The van der Waals surface area contributed by atoms with Gasteiger partial charge in [0.1, 0.15) is 0 Å². The predicted octanol–water partition coefficient (Wildman–Crippen LogP) is 3.59. The minimum absolute atomic E-state index is 0.0153. The fourth-order valence-electron chi connectivity index (χ4n) is 3.09. The van der Waals surface area contributed by atoms with Crippen LogP contribution in [0.1, 0.15) is 17.5 Å². The van der Waals surface area contributed by atoms with Crippen LogP contribution in [0.4, 0.5) is 5.69 Å². The normalized spacial score (nSPS) is 17.8.